The summed E-state index contributed by atoms with van der Waals surface area (Å²) in [5.74, 6) is 0.160. The number of carbonyl (C=O) groups excluding carboxylic acids is 1. The fraction of sp³-hybridized carbons (Fsp3) is 0.333. The van der Waals surface area contributed by atoms with Gasteiger partial charge in [-0.05, 0) is 46.0 Å². The number of amides is 1. The van der Waals surface area contributed by atoms with Crippen LogP contribution >= 0.6 is 43.6 Å². The first-order valence-corrected chi connectivity index (χ1v) is 11.0. The second kappa shape index (κ2) is 10.3. The summed E-state index contributed by atoms with van der Waals surface area (Å²) in [5.41, 5.74) is 7.52. The molecule has 0 radical (unpaired) electrons. The van der Waals surface area contributed by atoms with E-state index >= 15 is 0 Å². The van der Waals surface area contributed by atoms with Gasteiger partial charge in [0.2, 0.25) is 5.91 Å². The zero-order valence-corrected chi connectivity index (χ0v) is 19.4. The molecule has 0 aliphatic heterocycles. The summed E-state index contributed by atoms with van der Waals surface area (Å²) >= 11 is 7.74. The number of thioether (sulfide) groups is 1. The standard InChI is InChI=1S/C18H20Br2N4O3S/c1-10(2)5-13-4-3-11(8-21)18(22-13)28-9-16(25)23-17-14(20)6-12(19)7-15(17)24(26)27/h3-4,6-7,10H,5,8-9,21H2,1-2H3,(H,23,25). The van der Waals surface area contributed by atoms with Gasteiger partial charge in [-0.25, -0.2) is 4.98 Å². The van der Waals surface area contributed by atoms with Crippen LogP contribution in [-0.4, -0.2) is 21.6 Å². The fourth-order valence-corrected chi connectivity index (χ4v) is 4.62. The highest BCUT2D eigenvalue weighted by Gasteiger charge is 2.20. The molecule has 3 N–H and O–H groups in total. The van der Waals surface area contributed by atoms with Gasteiger partial charge in [0.1, 0.15) is 10.7 Å². The quantitative estimate of drug-likeness (QED) is 0.284. The minimum absolute atomic E-state index is 0.0603. The van der Waals surface area contributed by atoms with Crippen molar-refractivity contribution in [3.8, 4) is 0 Å². The van der Waals surface area contributed by atoms with E-state index in [1.54, 1.807) is 6.07 Å². The van der Waals surface area contributed by atoms with Gasteiger partial charge >= 0.3 is 0 Å². The Balaban J connectivity index is 2.14. The maximum atomic E-state index is 12.4. The van der Waals surface area contributed by atoms with Crippen molar-refractivity contribution in [3.63, 3.8) is 0 Å². The Bertz CT molecular complexity index is 893. The lowest BCUT2D eigenvalue weighted by Gasteiger charge is -2.11. The van der Waals surface area contributed by atoms with Gasteiger partial charge in [0.05, 0.1) is 10.7 Å². The van der Waals surface area contributed by atoms with Crippen molar-refractivity contribution < 1.29 is 9.72 Å². The van der Waals surface area contributed by atoms with E-state index in [9.17, 15) is 14.9 Å². The number of benzene rings is 1. The van der Waals surface area contributed by atoms with Crippen LogP contribution in [0.15, 0.2) is 38.2 Å². The second-order valence-electron chi connectivity index (χ2n) is 6.44. The van der Waals surface area contributed by atoms with Crippen molar-refractivity contribution in [2.75, 3.05) is 11.1 Å². The number of nitrogens with two attached hydrogens (primary N) is 1. The number of aromatic nitrogens is 1. The van der Waals surface area contributed by atoms with Crippen molar-refractivity contribution in [1.82, 2.24) is 4.98 Å². The summed E-state index contributed by atoms with van der Waals surface area (Å²) in [4.78, 5) is 27.8. The third kappa shape index (κ3) is 6.26. The van der Waals surface area contributed by atoms with Crippen LogP contribution in [0.25, 0.3) is 0 Å². The second-order valence-corrected chi connectivity index (χ2v) is 9.18. The van der Waals surface area contributed by atoms with E-state index in [2.05, 4.69) is 56.0 Å². The number of nitro groups is 1. The van der Waals surface area contributed by atoms with E-state index < -0.39 is 4.92 Å². The average Bonchev–Trinajstić information content (AvgIpc) is 2.61. The van der Waals surface area contributed by atoms with Crippen LogP contribution in [0.4, 0.5) is 11.4 Å². The molecule has 150 valence electrons. The van der Waals surface area contributed by atoms with Crippen molar-refractivity contribution in [2.45, 2.75) is 31.8 Å². The normalized spacial score (nSPS) is 10.9. The van der Waals surface area contributed by atoms with Crippen LogP contribution in [0, 0.1) is 16.0 Å². The minimum Gasteiger partial charge on any atom is -0.326 e. The lowest BCUT2D eigenvalue weighted by atomic mass is 10.1. The summed E-state index contributed by atoms with van der Waals surface area (Å²) in [6.07, 6.45) is 0.836. The Morgan fingerprint density at radius 2 is 2.07 bits per heavy atom. The highest BCUT2D eigenvalue weighted by Crippen LogP contribution is 2.36. The molecule has 0 bridgehead atoms. The van der Waals surface area contributed by atoms with Crippen molar-refractivity contribution >= 4 is 60.9 Å². The molecule has 2 rings (SSSR count). The van der Waals surface area contributed by atoms with E-state index in [0.29, 0.717) is 26.4 Å². The first-order valence-electron chi connectivity index (χ1n) is 8.46. The van der Waals surface area contributed by atoms with Crippen LogP contribution in [0.5, 0.6) is 0 Å². The molecule has 28 heavy (non-hydrogen) atoms. The lowest BCUT2D eigenvalue weighted by Crippen LogP contribution is -2.16. The highest BCUT2D eigenvalue weighted by atomic mass is 79.9. The first kappa shape index (κ1) is 22.8. The van der Waals surface area contributed by atoms with Gasteiger partial charge in [0.15, 0.2) is 0 Å². The number of halogens is 2. The number of anilines is 1. The van der Waals surface area contributed by atoms with Crippen molar-refractivity contribution in [2.24, 2.45) is 11.7 Å². The number of carbonyl (C=O) groups is 1. The molecule has 0 unspecified atom stereocenters. The van der Waals surface area contributed by atoms with E-state index in [1.165, 1.54) is 17.8 Å². The first-order chi connectivity index (χ1) is 13.2. The van der Waals surface area contributed by atoms with E-state index in [-0.39, 0.29) is 23.0 Å². The van der Waals surface area contributed by atoms with Gasteiger partial charge < -0.3 is 11.1 Å². The fourth-order valence-electron chi connectivity index (χ4n) is 2.46. The summed E-state index contributed by atoms with van der Waals surface area (Å²) in [6, 6.07) is 6.87. The molecule has 1 aromatic heterocycles. The number of pyridine rings is 1. The predicted octanol–water partition coefficient (Wildman–Crippen LogP) is 4.90. The van der Waals surface area contributed by atoms with Gasteiger partial charge in [-0.3, -0.25) is 14.9 Å². The number of rotatable bonds is 8. The Kier molecular flexibility index (Phi) is 8.41. The molecule has 0 aliphatic rings. The Morgan fingerprint density at radius 1 is 1.36 bits per heavy atom. The predicted molar refractivity (Wildman–Crippen MR) is 119 cm³/mol. The molecule has 1 heterocycles. The molecule has 1 amide bonds. The molecule has 0 fully saturated rings. The van der Waals surface area contributed by atoms with E-state index in [1.807, 2.05) is 12.1 Å². The lowest BCUT2D eigenvalue weighted by molar-refractivity contribution is -0.384. The third-order valence-corrected chi connectivity index (χ3v) is 5.79. The number of nitrogens with one attached hydrogen (secondary N) is 1. The smallest absolute Gasteiger partial charge is 0.295 e. The summed E-state index contributed by atoms with van der Waals surface area (Å²) in [7, 11) is 0. The SMILES string of the molecule is CC(C)Cc1ccc(CN)c(SCC(=O)Nc2c(Br)cc(Br)cc2[N+](=O)[O-])n1. The van der Waals surface area contributed by atoms with Gasteiger partial charge in [-0.2, -0.15) is 0 Å². The van der Waals surface area contributed by atoms with Crippen LogP contribution in [0.1, 0.15) is 25.1 Å². The van der Waals surface area contributed by atoms with Gasteiger partial charge in [0.25, 0.3) is 5.69 Å². The number of hydrogen-bond donors (Lipinski definition) is 2. The molecule has 2 aromatic rings. The van der Waals surface area contributed by atoms with E-state index in [4.69, 9.17) is 5.73 Å². The molecule has 10 heteroatoms. The minimum atomic E-state index is -0.540. The Labute approximate surface area is 184 Å². The molecule has 7 nitrogen and oxygen atoms in total. The van der Waals surface area contributed by atoms with Crippen LogP contribution < -0.4 is 11.1 Å². The molecular weight excluding hydrogens is 512 g/mol. The third-order valence-electron chi connectivity index (χ3n) is 3.67. The topological polar surface area (TPSA) is 111 Å². The van der Waals surface area contributed by atoms with Crippen molar-refractivity contribution in [1.29, 1.82) is 0 Å². The van der Waals surface area contributed by atoms with E-state index in [0.717, 1.165) is 17.7 Å². The zero-order valence-electron chi connectivity index (χ0n) is 15.4. The number of nitrogens with zero attached hydrogens (tertiary/aromatic N) is 2. The van der Waals surface area contributed by atoms with Gasteiger partial charge in [0, 0.05) is 27.3 Å². The van der Waals surface area contributed by atoms with Crippen LogP contribution in [0.2, 0.25) is 0 Å². The maximum Gasteiger partial charge on any atom is 0.295 e. The maximum absolute atomic E-state index is 12.4. The summed E-state index contributed by atoms with van der Waals surface area (Å²) in [5, 5.41) is 14.6. The monoisotopic (exact) mass is 530 g/mol. The number of nitro benzene ring substituents is 1. The molecule has 0 saturated carbocycles. The molecular formula is C18H20Br2N4O3S. The summed E-state index contributed by atoms with van der Waals surface area (Å²) < 4.78 is 0.962. The summed E-state index contributed by atoms with van der Waals surface area (Å²) in [6.45, 7) is 4.55. The van der Waals surface area contributed by atoms with Crippen LogP contribution in [-0.2, 0) is 17.8 Å². The average molecular weight is 532 g/mol. The molecule has 0 aliphatic carbocycles. The zero-order chi connectivity index (χ0) is 20.8. The number of hydrogen-bond acceptors (Lipinski definition) is 6. The molecule has 0 spiro atoms. The Morgan fingerprint density at radius 3 is 2.68 bits per heavy atom. The Hall–Kier alpha value is -1.49. The van der Waals surface area contributed by atoms with Crippen LogP contribution in [0.3, 0.4) is 0 Å². The van der Waals surface area contributed by atoms with Crippen molar-refractivity contribution in [3.05, 3.63) is 54.6 Å². The highest BCUT2D eigenvalue weighted by molar-refractivity contribution is 9.11. The molecule has 0 atom stereocenters. The van der Waals surface area contributed by atoms with Gasteiger partial charge in [-0.1, -0.05) is 47.6 Å². The molecule has 0 saturated heterocycles. The largest absolute Gasteiger partial charge is 0.326 e. The molecule has 1 aromatic carbocycles. The van der Waals surface area contributed by atoms with Gasteiger partial charge in [-0.15, -0.1) is 0 Å².